The lowest BCUT2D eigenvalue weighted by atomic mass is 10.3. The summed E-state index contributed by atoms with van der Waals surface area (Å²) in [6.45, 7) is 2.20. The molecular formula is C21H19N3O4S2. The van der Waals surface area contributed by atoms with E-state index in [-0.39, 0.29) is 23.8 Å². The van der Waals surface area contributed by atoms with E-state index in [1.165, 1.54) is 23.1 Å². The quantitative estimate of drug-likeness (QED) is 0.343. The van der Waals surface area contributed by atoms with Gasteiger partial charge >= 0.3 is 0 Å². The van der Waals surface area contributed by atoms with Crippen LogP contribution >= 0.6 is 23.1 Å². The minimum Gasteiger partial charge on any atom is -0.497 e. The van der Waals surface area contributed by atoms with E-state index in [1.807, 2.05) is 13.0 Å². The molecule has 0 unspecified atom stereocenters. The Bertz CT molecular complexity index is 1230. The Morgan fingerprint density at radius 1 is 1.30 bits per heavy atom. The zero-order valence-corrected chi connectivity index (χ0v) is 18.0. The van der Waals surface area contributed by atoms with Gasteiger partial charge in [-0.05, 0) is 49.4 Å². The number of nitrogens with zero attached hydrogens (tertiary/aromatic N) is 2. The van der Waals surface area contributed by atoms with Gasteiger partial charge in [0.2, 0.25) is 5.91 Å². The Morgan fingerprint density at radius 2 is 2.10 bits per heavy atom. The van der Waals surface area contributed by atoms with E-state index in [4.69, 9.17) is 9.15 Å². The molecule has 3 aromatic heterocycles. The number of aromatic nitrogens is 2. The molecule has 4 rings (SSSR count). The third-order valence-corrected chi connectivity index (χ3v) is 6.26. The van der Waals surface area contributed by atoms with Crippen LogP contribution in [-0.4, -0.2) is 28.3 Å². The van der Waals surface area contributed by atoms with Crippen LogP contribution in [0.5, 0.6) is 5.75 Å². The van der Waals surface area contributed by atoms with Crippen molar-refractivity contribution >= 4 is 44.9 Å². The molecule has 0 saturated heterocycles. The fourth-order valence-corrected chi connectivity index (χ4v) is 4.65. The van der Waals surface area contributed by atoms with Crippen LogP contribution in [0.1, 0.15) is 10.6 Å². The Kier molecular flexibility index (Phi) is 5.91. The summed E-state index contributed by atoms with van der Waals surface area (Å²) in [4.78, 5) is 31.8. The van der Waals surface area contributed by atoms with Crippen molar-refractivity contribution in [3.63, 3.8) is 0 Å². The van der Waals surface area contributed by atoms with Crippen molar-refractivity contribution in [1.29, 1.82) is 0 Å². The fourth-order valence-electron chi connectivity index (χ4n) is 2.93. The number of rotatable bonds is 7. The van der Waals surface area contributed by atoms with Gasteiger partial charge in [0.05, 0.1) is 31.1 Å². The van der Waals surface area contributed by atoms with Gasteiger partial charge in [-0.3, -0.25) is 14.2 Å². The number of amides is 1. The van der Waals surface area contributed by atoms with Crippen LogP contribution in [-0.2, 0) is 11.3 Å². The summed E-state index contributed by atoms with van der Waals surface area (Å²) in [6, 6.07) is 12.5. The van der Waals surface area contributed by atoms with Crippen LogP contribution < -0.4 is 15.6 Å². The van der Waals surface area contributed by atoms with Gasteiger partial charge in [-0.1, -0.05) is 11.8 Å². The molecule has 0 aliphatic heterocycles. The van der Waals surface area contributed by atoms with Crippen molar-refractivity contribution in [2.45, 2.75) is 18.6 Å². The monoisotopic (exact) mass is 441 g/mol. The number of benzene rings is 1. The molecule has 9 heteroatoms. The number of fused-ring (bicyclic) bond motifs is 1. The van der Waals surface area contributed by atoms with Gasteiger partial charge in [-0.2, -0.15) is 0 Å². The van der Waals surface area contributed by atoms with Crippen LogP contribution in [0.25, 0.3) is 10.2 Å². The smallest absolute Gasteiger partial charge is 0.263 e. The predicted octanol–water partition coefficient (Wildman–Crippen LogP) is 4.15. The minimum absolute atomic E-state index is 0.118. The van der Waals surface area contributed by atoms with Crippen LogP contribution in [0.4, 0.5) is 5.69 Å². The Balaban J connectivity index is 1.55. The average Bonchev–Trinajstić information content (AvgIpc) is 3.38. The number of aryl methyl sites for hydroxylation is 1. The number of carbonyl (C=O) groups excluding carboxylic acids is 1. The first-order valence-corrected chi connectivity index (χ1v) is 10.9. The molecule has 0 bridgehead atoms. The fraction of sp³-hybridized carbons (Fsp3) is 0.190. The first kappa shape index (κ1) is 20.2. The van der Waals surface area contributed by atoms with E-state index in [0.717, 1.165) is 4.88 Å². The summed E-state index contributed by atoms with van der Waals surface area (Å²) in [5, 5.41) is 3.90. The van der Waals surface area contributed by atoms with Gasteiger partial charge in [0.25, 0.3) is 5.56 Å². The first-order valence-electron chi connectivity index (χ1n) is 9.13. The molecule has 0 atom stereocenters. The lowest BCUT2D eigenvalue weighted by molar-refractivity contribution is -0.113. The zero-order valence-electron chi connectivity index (χ0n) is 16.4. The molecule has 0 radical (unpaired) electrons. The Labute approximate surface area is 180 Å². The highest BCUT2D eigenvalue weighted by Gasteiger charge is 2.16. The number of furan rings is 1. The first-order chi connectivity index (χ1) is 14.5. The van der Waals surface area contributed by atoms with Gasteiger partial charge < -0.3 is 14.5 Å². The maximum absolute atomic E-state index is 13.0. The number of hydrogen-bond donors (Lipinski definition) is 1. The summed E-state index contributed by atoms with van der Waals surface area (Å²) in [5.41, 5.74) is 0.533. The van der Waals surface area contributed by atoms with Gasteiger partial charge in [-0.25, -0.2) is 4.98 Å². The number of nitrogens with one attached hydrogen (secondary N) is 1. The highest BCUT2D eigenvalue weighted by Crippen LogP contribution is 2.25. The van der Waals surface area contributed by atoms with Gasteiger partial charge in [0.1, 0.15) is 16.3 Å². The highest BCUT2D eigenvalue weighted by molar-refractivity contribution is 7.99. The second-order valence-corrected chi connectivity index (χ2v) is 8.68. The molecule has 154 valence electrons. The van der Waals surface area contributed by atoms with Gasteiger partial charge in [0.15, 0.2) is 5.16 Å². The van der Waals surface area contributed by atoms with Gasteiger partial charge in [-0.15, -0.1) is 11.3 Å². The van der Waals surface area contributed by atoms with Crippen molar-refractivity contribution in [3.05, 3.63) is 69.7 Å². The number of ether oxygens (including phenoxy) is 1. The van der Waals surface area contributed by atoms with Crippen molar-refractivity contribution in [2.24, 2.45) is 0 Å². The third kappa shape index (κ3) is 4.42. The third-order valence-electron chi connectivity index (χ3n) is 4.34. The average molecular weight is 442 g/mol. The highest BCUT2D eigenvalue weighted by atomic mass is 32.2. The lowest BCUT2D eigenvalue weighted by Crippen LogP contribution is -2.24. The van der Waals surface area contributed by atoms with Crippen LogP contribution in [0.2, 0.25) is 0 Å². The predicted molar refractivity (Wildman–Crippen MR) is 119 cm³/mol. The Hall–Kier alpha value is -3.04. The Morgan fingerprint density at radius 3 is 2.80 bits per heavy atom. The molecule has 0 fully saturated rings. The largest absolute Gasteiger partial charge is 0.497 e. The molecule has 0 aliphatic carbocycles. The van der Waals surface area contributed by atoms with E-state index in [9.17, 15) is 9.59 Å². The number of carbonyl (C=O) groups is 1. The zero-order chi connectivity index (χ0) is 21.1. The normalized spacial score (nSPS) is 11.0. The standard InChI is InChI=1S/C21H19N3O4S2/c1-13-10-17-19(30-13)23-21(24(20(17)26)11-16-4-3-9-28-16)29-12-18(25)22-14-5-7-15(27-2)8-6-14/h3-10H,11-12H2,1-2H3,(H,22,25). The molecule has 1 amide bonds. The number of anilines is 1. The summed E-state index contributed by atoms with van der Waals surface area (Å²) < 4.78 is 12.1. The second-order valence-electron chi connectivity index (χ2n) is 6.51. The van der Waals surface area contributed by atoms with E-state index in [2.05, 4.69) is 10.3 Å². The van der Waals surface area contributed by atoms with E-state index in [0.29, 0.717) is 32.6 Å². The van der Waals surface area contributed by atoms with E-state index in [1.54, 1.807) is 54.3 Å². The molecule has 30 heavy (non-hydrogen) atoms. The topological polar surface area (TPSA) is 86.4 Å². The molecule has 7 nitrogen and oxygen atoms in total. The van der Waals surface area contributed by atoms with Crippen molar-refractivity contribution in [2.75, 3.05) is 18.2 Å². The molecule has 0 spiro atoms. The second kappa shape index (κ2) is 8.76. The van der Waals surface area contributed by atoms with Crippen LogP contribution in [0, 0.1) is 6.92 Å². The van der Waals surface area contributed by atoms with Crippen molar-refractivity contribution < 1.29 is 13.9 Å². The molecule has 3 heterocycles. The molecule has 4 aromatic rings. The van der Waals surface area contributed by atoms with Crippen LogP contribution in [0.15, 0.2) is 63.1 Å². The maximum Gasteiger partial charge on any atom is 0.263 e. The van der Waals surface area contributed by atoms with Gasteiger partial charge in [0, 0.05) is 10.6 Å². The molecule has 1 aromatic carbocycles. The van der Waals surface area contributed by atoms with Crippen molar-refractivity contribution in [1.82, 2.24) is 9.55 Å². The summed E-state index contributed by atoms with van der Waals surface area (Å²) >= 11 is 2.69. The lowest BCUT2D eigenvalue weighted by Gasteiger charge is -2.11. The number of hydrogen-bond acceptors (Lipinski definition) is 7. The maximum atomic E-state index is 13.0. The molecular weight excluding hydrogens is 422 g/mol. The van der Waals surface area contributed by atoms with E-state index >= 15 is 0 Å². The molecule has 1 N–H and O–H groups in total. The molecule has 0 aliphatic rings. The number of thioether (sulfide) groups is 1. The molecule has 0 saturated carbocycles. The minimum atomic E-state index is -0.188. The summed E-state index contributed by atoms with van der Waals surface area (Å²) in [6.07, 6.45) is 1.57. The number of thiophene rings is 1. The SMILES string of the molecule is COc1ccc(NC(=O)CSc2nc3sc(C)cc3c(=O)n2Cc2ccco2)cc1. The number of methoxy groups -OCH3 is 1. The van der Waals surface area contributed by atoms with Crippen LogP contribution in [0.3, 0.4) is 0 Å². The van der Waals surface area contributed by atoms with Crippen molar-refractivity contribution in [3.8, 4) is 5.75 Å². The van der Waals surface area contributed by atoms with E-state index < -0.39 is 0 Å². The summed E-state index contributed by atoms with van der Waals surface area (Å²) in [5.74, 6) is 1.29. The summed E-state index contributed by atoms with van der Waals surface area (Å²) in [7, 11) is 1.59.